The molecule has 2 rings (SSSR count). The third kappa shape index (κ3) is 5.91. The van der Waals surface area contributed by atoms with Crippen LogP contribution in [0.25, 0.3) is 0 Å². The quantitative estimate of drug-likeness (QED) is 0.694. The van der Waals surface area contributed by atoms with E-state index in [1.54, 1.807) is 20.3 Å². The maximum Gasteiger partial charge on any atom is 0.308 e. The molecule has 26 heavy (non-hydrogen) atoms. The molecule has 2 N–H and O–H groups in total. The summed E-state index contributed by atoms with van der Waals surface area (Å²) in [5.74, 6) is -0.209. The Balaban J connectivity index is 1.85. The summed E-state index contributed by atoms with van der Waals surface area (Å²) in [6, 6.07) is 5.49. The molecular weight excluding hydrogens is 338 g/mol. The molecule has 0 spiro atoms. The van der Waals surface area contributed by atoms with Crippen molar-refractivity contribution in [3.05, 3.63) is 23.8 Å². The second kappa shape index (κ2) is 10.0. The minimum atomic E-state index is -0.866. The summed E-state index contributed by atoms with van der Waals surface area (Å²) >= 11 is 0. The van der Waals surface area contributed by atoms with Gasteiger partial charge >= 0.3 is 5.97 Å². The van der Waals surface area contributed by atoms with Crippen LogP contribution in [0, 0.1) is 11.8 Å². The van der Waals surface area contributed by atoms with Crippen molar-refractivity contribution in [3.8, 4) is 11.5 Å². The largest absolute Gasteiger partial charge is 0.497 e. The number of nitrogens with one attached hydrogen (secondary N) is 1. The number of carbonyl (C=O) groups is 2. The van der Waals surface area contributed by atoms with Crippen LogP contribution < -0.4 is 14.8 Å². The van der Waals surface area contributed by atoms with Crippen molar-refractivity contribution in [1.82, 2.24) is 5.32 Å². The van der Waals surface area contributed by atoms with Gasteiger partial charge in [-0.2, -0.15) is 0 Å². The number of hydrogen-bond donors (Lipinski definition) is 2. The van der Waals surface area contributed by atoms with Gasteiger partial charge in [0, 0.05) is 32.2 Å². The van der Waals surface area contributed by atoms with Crippen LogP contribution in [-0.2, 0) is 20.7 Å². The van der Waals surface area contributed by atoms with Crippen molar-refractivity contribution in [3.63, 3.8) is 0 Å². The maximum atomic E-state index is 12.1. The zero-order valence-electron chi connectivity index (χ0n) is 15.3. The van der Waals surface area contributed by atoms with Crippen molar-refractivity contribution >= 4 is 11.9 Å². The molecule has 144 valence electrons. The number of methoxy groups -OCH3 is 2. The highest BCUT2D eigenvalue weighted by molar-refractivity contribution is 5.77. The van der Waals surface area contributed by atoms with Gasteiger partial charge in [0.05, 0.1) is 20.1 Å². The van der Waals surface area contributed by atoms with E-state index in [9.17, 15) is 14.7 Å². The molecule has 1 saturated heterocycles. The number of rotatable bonds is 9. The molecular formula is C19H27NO6. The molecule has 0 aliphatic carbocycles. The Kier molecular flexibility index (Phi) is 7.72. The van der Waals surface area contributed by atoms with Gasteiger partial charge in [-0.3, -0.25) is 9.59 Å². The predicted molar refractivity (Wildman–Crippen MR) is 95.5 cm³/mol. The fourth-order valence-corrected chi connectivity index (χ4v) is 3.15. The highest BCUT2D eigenvalue weighted by atomic mass is 16.5. The van der Waals surface area contributed by atoms with Crippen LogP contribution in [0.15, 0.2) is 18.2 Å². The van der Waals surface area contributed by atoms with Crippen molar-refractivity contribution in [1.29, 1.82) is 0 Å². The summed E-state index contributed by atoms with van der Waals surface area (Å²) in [6.07, 6.45) is 2.23. The Labute approximate surface area is 153 Å². The lowest BCUT2D eigenvalue weighted by Crippen LogP contribution is -2.39. The van der Waals surface area contributed by atoms with Gasteiger partial charge in [-0.05, 0) is 42.9 Å². The molecule has 0 bridgehead atoms. The number of hydrogen-bond acceptors (Lipinski definition) is 5. The Hall–Kier alpha value is -2.28. The third-order valence-corrected chi connectivity index (χ3v) is 4.72. The van der Waals surface area contributed by atoms with Gasteiger partial charge < -0.3 is 24.6 Å². The van der Waals surface area contributed by atoms with Gasteiger partial charge in [0.15, 0.2) is 0 Å². The number of benzene rings is 1. The molecule has 1 aromatic rings. The van der Waals surface area contributed by atoms with Gasteiger partial charge in [-0.25, -0.2) is 0 Å². The van der Waals surface area contributed by atoms with Crippen LogP contribution in [-0.4, -0.2) is 51.0 Å². The van der Waals surface area contributed by atoms with Crippen molar-refractivity contribution in [2.24, 2.45) is 11.8 Å². The van der Waals surface area contributed by atoms with Crippen molar-refractivity contribution in [2.75, 3.05) is 34.0 Å². The molecule has 7 heteroatoms. The molecule has 1 heterocycles. The SMILES string of the molecule is COc1cc(CCC(=O)NCC(C(=O)O)C2CCOCC2)cc(OC)c1. The summed E-state index contributed by atoms with van der Waals surface area (Å²) in [7, 11) is 3.15. The van der Waals surface area contributed by atoms with E-state index in [4.69, 9.17) is 14.2 Å². The molecule has 1 unspecified atom stereocenters. The minimum absolute atomic E-state index is 0.0456. The first kappa shape index (κ1) is 20.0. The lowest BCUT2D eigenvalue weighted by molar-refractivity contribution is -0.145. The van der Waals surface area contributed by atoms with Crippen LogP contribution >= 0.6 is 0 Å². The number of ether oxygens (including phenoxy) is 3. The van der Waals surface area contributed by atoms with Gasteiger partial charge in [0.1, 0.15) is 11.5 Å². The van der Waals surface area contributed by atoms with Crippen LogP contribution in [0.3, 0.4) is 0 Å². The van der Waals surface area contributed by atoms with Crippen LogP contribution in [0.5, 0.6) is 11.5 Å². The molecule has 1 aromatic carbocycles. The average Bonchev–Trinajstić information content (AvgIpc) is 2.66. The van der Waals surface area contributed by atoms with E-state index >= 15 is 0 Å². The number of carboxylic acids is 1. The topological polar surface area (TPSA) is 94.1 Å². The van der Waals surface area contributed by atoms with Crippen molar-refractivity contribution < 1.29 is 28.9 Å². The number of carboxylic acid groups (broad SMARTS) is 1. The van der Waals surface area contributed by atoms with Gasteiger partial charge in [-0.1, -0.05) is 0 Å². The molecule has 7 nitrogen and oxygen atoms in total. The summed E-state index contributed by atoms with van der Waals surface area (Å²) < 4.78 is 15.7. The lowest BCUT2D eigenvalue weighted by Gasteiger charge is -2.27. The van der Waals surface area contributed by atoms with E-state index < -0.39 is 11.9 Å². The van der Waals surface area contributed by atoms with Crippen LogP contribution in [0.4, 0.5) is 0 Å². The highest BCUT2D eigenvalue weighted by Gasteiger charge is 2.29. The summed E-state index contributed by atoms with van der Waals surface area (Å²) in [4.78, 5) is 23.7. The Morgan fingerprint density at radius 3 is 2.35 bits per heavy atom. The molecule has 1 fully saturated rings. The number of aryl methyl sites for hydroxylation is 1. The van der Waals surface area contributed by atoms with Gasteiger partial charge in [0.25, 0.3) is 0 Å². The Morgan fingerprint density at radius 1 is 1.19 bits per heavy atom. The monoisotopic (exact) mass is 365 g/mol. The molecule has 0 radical (unpaired) electrons. The standard InChI is InChI=1S/C19H27NO6/c1-24-15-9-13(10-16(11-15)25-2)3-4-18(21)20-12-17(19(22)23)14-5-7-26-8-6-14/h9-11,14,17H,3-8,12H2,1-2H3,(H,20,21)(H,22,23). The fourth-order valence-electron chi connectivity index (χ4n) is 3.15. The zero-order valence-corrected chi connectivity index (χ0v) is 15.3. The highest BCUT2D eigenvalue weighted by Crippen LogP contribution is 2.24. The van der Waals surface area contributed by atoms with Crippen molar-refractivity contribution in [2.45, 2.75) is 25.7 Å². The number of aliphatic carboxylic acids is 1. The summed E-state index contributed by atoms with van der Waals surface area (Å²) in [5, 5.41) is 12.2. The van der Waals surface area contributed by atoms with E-state index in [2.05, 4.69) is 5.32 Å². The molecule has 1 amide bonds. The maximum absolute atomic E-state index is 12.1. The summed E-state index contributed by atoms with van der Waals surface area (Å²) in [5.41, 5.74) is 0.926. The van der Waals surface area contributed by atoms with E-state index in [-0.39, 0.29) is 24.8 Å². The minimum Gasteiger partial charge on any atom is -0.497 e. The Morgan fingerprint density at radius 2 is 1.81 bits per heavy atom. The van der Waals surface area contributed by atoms with Gasteiger partial charge in [-0.15, -0.1) is 0 Å². The first-order valence-corrected chi connectivity index (χ1v) is 8.82. The van der Waals surface area contributed by atoms with Gasteiger partial charge in [0.2, 0.25) is 5.91 Å². The van der Waals surface area contributed by atoms with E-state index in [1.165, 1.54) is 0 Å². The number of carbonyl (C=O) groups excluding carboxylic acids is 1. The predicted octanol–water partition coefficient (Wildman–Crippen LogP) is 1.88. The first-order chi connectivity index (χ1) is 12.5. The summed E-state index contributed by atoms with van der Waals surface area (Å²) in [6.45, 7) is 1.32. The second-order valence-electron chi connectivity index (χ2n) is 6.42. The fraction of sp³-hybridized carbons (Fsp3) is 0.579. The normalized spacial score (nSPS) is 15.9. The van der Waals surface area contributed by atoms with Crippen LogP contribution in [0.2, 0.25) is 0 Å². The lowest BCUT2D eigenvalue weighted by atomic mass is 9.86. The molecule has 0 saturated carbocycles. The molecule has 0 aromatic heterocycles. The Bertz CT molecular complexity index is 590. The zero-order chi connectivity index (χ0) is 18.9. The van der Waals surface area contributed by atoms with E-state index in [0.717, 1.165) is 18.4 Å². The van der Waals surface area contributed by atoms with E-state index in [0.29, 0.717) is 31.1 Å². The first-order valence-electron chi connectivity index (χ1n) is 8.82. The third-order valence-electron chi connectivity index (χ3n) is 4.72. The van der Waals surface area contributed by atoms with Crippen LogP contribution in [0.1, 0.15) is 24.8 Å². The molecule has 1 aliphatic rings. The molecule has 1 aliphatic heterocycles. The second-order valence-corrected chi connectivity index (χ2v) is 6.42. The molecule has 1 atom stereocenters. The number of amides is 1. The van der Waals surface area contributed by atoms with E-state index in [1.807, 2.05) is 12.1 Å². The smallest absolute Gasteiger partial charge is 0.308 e. The average molecular weight is 365 g/mol.